The van der Waals surface area contributed by atoms with E-state index in [1.165, 1.54) is 0 Å². The number of nitrogens with one attached hydrogen (secondary N) is 2. The number of amides is 2. The fourth-order valence-electron chi connectivity index (χ4n) is 1.46. The van der Waals surface area contributed by atoms with Gasteiger partial charge in [-0.25, -0.2) is 9.59 Å². The third kappa shape index (κ3) is 9.15. The maximum atomic E-state index is 11.5. The zero-order valence-corrected chi connectivity index (χ0v) is 12.0. The van der Waals surface area contributed by atoms with Gasteiger partial charge in [0.15, 0.2) is 0 Å². The molecule has 0 saturated heterocycles. The molecule has 0 bridgehead atoms. The molecule has 106 valence electrons. The van der Waals surface area contributed by atoms with E-state index in [4.69, 9.17) is 5.11 Å². The quantitative estimate of drug-likeness (QED) is 0.534. The topological polar surface area (TPSA) is 78.4 Å². The van der Waals surface area contributed by atoms with Crippen LogP contribution in [0.25, 0.3) is 0 Å². The fraction of sp³-hybridized carbons (Fsp3) is 0.833. The van der Waals surface area contributed by atoms with Crippen molar-refractivity contribution in [3.8, 4) is 0 Å². The first-order valence-electron chi connectivity index (χ1n) is 6.38. The average Bonchev–Trinajstić information content (AvgIpc) is 2.33. The SMILES string of the molecule is CCCCCCNC(=O)N[C@H](CCSC)C(=O)O. The standard InChI is InChI=1S/C12H24N2O3S/c1-3-4-5-6-8-13-12(17)14-10(11(15)16)7-9-18-2/h10H,3-9H2,1-2H3,(H,15,16)(H2,13,14,17)/t10-/m1/s1. The number of aliphatic carboxylic acids is 1. The highest BCUT2D eigenvalue weighted by Crippen LogP contribution is 2.01. The van der Waals surface area contributed by atoms with Crippen LogP contribution in [0.3, 0.4) is 0 Å². The van der Waals surface area contributed by atoms with Crippen LogP contribution in [0.5, 0.6) is 0 Å². The Hall–Kier alpha value is -0.910. The smallest absolute Gasteiger partial charge is 0.326 e. The number of unbranched alkanes of at least 4 members (excludes halogenated alkanes) is 3. The Morgan fingerprint density at radius 1 is 1.28 bits per heavy atom. The van der Waals surface area contributed by atoms with Gasteiger partial charge in [-0.05, 0) is 24.9 Å². The maximum absolute atomic E-state index is 11.5. The molecule has 0 saturated carbocycles. The summed E-state index contributed by atoms with van der Waals surface area (Å²) in [5.41, 5.74) is 0. The monoisotopic (exact) mass is 276 g/mol. The third-order valence-corrected chi connectivity index (χ3v) is 3.17. The van der Waals surface area contributed by atoms with Crippen LogP contribution in [-0.2, 0) is 4.79 Å². The normalized spacial score (nSPS) is 11.9. The summed E-state index contributed by atoms with van der Waals surface area (Å²) in [7, 11) is 0. The molecule has 5 nitrogen and oxygen atoms in total. The van der Waals surface area contributed by atoms with E-state index in [-0.39, 0.29) is 6.03 Å². The molecule has 6 heteroatoms. The van der Waals surface area contributed by atoms with E-state index >= 15 is 0 Å². The Morgan fingerprint density at radius 3 is 2.56 bits per heavy atom. The van der Waals surface area contributed by atoms with E-state index in [1.807, 2.05) is 6.26 Å². The Labute approximate surface area is 113 Å². The van der Waals surface area contributed by atoms with Gasteiger partial charge in [-0.1, -0.05) is 26.2 Å². The van der Waals surface area contributed by atoms with Crippen molar-refractivity contribution in [3.05, 3.63) is 0 Å². The largest absolute Gasteiger partial charge is 0.480 e. The summed E-state index contributed by atoms with van der Waals surface area (Å²) in [6, 6.07) is -1.19. The molecule has 0 unspecified atom stereocenters. The highest BCUT2D eigenvalue weighted by molar-refractivity contribution is 7.98. The Kier molecular flexibility index (Phi) is 10.6. The molecule has 0 aliphatic rings. The summed E-state index contributed by atoms with van der Waals surface area (Å²) < 4.78 is 0. The van der Waals surface area contributed by atoms with E-state index in [0.717, 1.165) is 25.7 Å². The van der Waals surface area contributed by atoms with E-state index < -0.39 is 12.0 Å². The zero-order chi connectivity index (χ0) is 13.8. The highest BCUT2D eigenvalue weighted by Gasteiger charge is 2.18. The fourth-order valence-corrected chi connectivity index (χ4v) is 1.93. The summed E-state index contributed by atoms with van der Waals surface area (Å²) in [5, 5.41) is 14.1. The molecule has 0 aliphatic heterocycles. The van der Waals surface area contributed by atoms with Crippen LogP contribution >= 0.6 is 11.8 Å². The molecule has 1 atom stereocenters. The molecule has 18 heavy (non-hydrogen) atoms. The number of carboxylic acid groups (broad SMARTS) is 1. The van der Waals surface area contributed by atoms with Crippen molar-refractivity contribution in [3.63, 3.8) is 0 Å². The van der Waals surface area contributed by atoms with Crippen LogP contribution < -0.4 is 10.6 Å². The van der Waals surface area contributed by atoms with Crippen molar-refractivity contribution in [2.24, 2.45) is 0 Å². The number of urea groups is 1. The summed E-state index contributed by atoms with van der Waals surface area (Å²) in [5.74, 6) is -0.265. The zero-order valence-electron chi connectivity index (χ0n) is 11.2. The molecule has 0 aromatic heterocycles. The molecule has 3 N–H and O–H groups in total. The Bertz CT molecular complexity index is 249. The van der Waals surface area contributed by atoms with Gasteiger partial charge in [0.2, 0.25) is 0 Å². The molecule has 0 radical (unpaired) electrons. The van der Waals surface area contributed by atoms with Gasteiger partial charge in [0.1, 0.15) is 6.04 Å². The van der Waals surface area contributed by atoms with Crippen LogP contribution in [0.15, 0.2) is 0 Å². The summed E-state index contributed by atoms with van der Waals surface area (Å²) in [6.07, 6.45) is 6.69. The number of hydrogen-bond donors (Lipinski definition) is 3. The molecule has 0 heterocycles. The number of hydrogen-bond acceptors (Lipinski definition) is 3. The lowest BCUT2D eigenvalue weighted by molar-refractivity contribution is -0.139. The lowest BCUT2D eigenvalue weighted by Crippen LogP contribution is -2.46. The second-order valence-corrected chi connectivity index (χ2v) is 5.12. The minimum atomic E-state index is -0.981. The first kappa shape index (κ1) is 17.1. The van der Waals surface area contributed by atoms with Crippen LogP contribution in [-0.4, -0.2) is 41.7 Å². The Morgan fingerprint density at radius 2 is 2.00 bits per heavy atom. The molecular weight excluding hydrogens is 252 g/mol. The van der Waals surface area contributed by atoms with Crippen LogP contribution in [0.1, 0.15) is 39.0 Å². The second-order valence-electron chi connectivity index (χ2n) is 4.13. The van der Waals surface area contributed by atoms with Gasteiger partial charge in [0, 0.05) is 6.54 Å². The summed E-state index contributed by atoms with van der Waals surface area (Å²) in [4.78, 5) is 22.4. The molecular formula is C12H24N2O3S. The summed E-state index contributed by atoms with van der Waals surface area (Å²) in [6.45, 7) is 2.73. The molecule has 0 aromatic rings. The van der Waals surface area contributed by atoms with Crippen molar-refractivity contribution in [1.82, 2.24) is 10.6 Å². The van der Waals surface area contributed by atoms with E-state index in [0.29, 0.717) is 18.7 Å². The van der Waals surface area contributed by atoms with E-state index in [2.05, 4.69) is 17.6 Å². The number of carboxylic acids is 1. The molecule has 0 spiro atoms. The minimum absolute atomic E-state index is 0.389. The number of rotatable bonds is 10. The first-order chi connectivity index (χ1) is 8.61. The average molecular weight is 276 g/mol. The van der Waals surface area contributed by atoms with Crippen LogP contribution in [0.4, 0.5) is 4.79 Å². The second kappa shape index (κ2) is 11.2. The van der Waals surface area contributed by atoms with Gasteiger partial charge in [-0.15, -0.1) is 0 Å². The van der Waals surface area contributed by atoms with Gasteiger partial charge in [0.05, 0.1) is 0 Å². The predicted molar refractivity (Wildman–Crippen MR) is 75.1 cm³/mol. The molecule has 0 aromatic carbocycles. The number of thioether (sulfide) groups is 1. The van der Waals surface area contributed by atoms with Crippen molar-refractivity contribution in [2.45, 2.75) is 45.1 Å². The van der Waals surface area contributed by atoms with Gasteiger partial charge in [0.25, 0.3) is 0 Å². The minimum Gasteiger partial charge on any atom is -0.480 e. The number of carbonyl (C=O) groups excluding carboxylic acids is 1. The molecule has 0 fully saturated rings. The van der Waals surface area contributed by atoms with Gasteiger partial charge in [-0.3, -0.25) is 0 Å². The Balaban J connectivity index is 3.77. The van der Waals surface area contributed by atoms with Crippen molar-refractivity contribution in [2.75, 3.05) is 18.6 Å². The lowest BCUT2D eigenvalue weighted by Gasteiger charge is -2.14. The third-order valence-electron chi connectivity index (χ3n) is 2.53. The lowest BCUT2D eigenvalue weighted by atomic mass is 10.2. The van der Waals surface area contributed by atoms with Crippen LogP contribution in [0, 0.1) is 0 Å². The molecule has 0 rings (SSSR count). The highest BCUT2D eigenvalue weighted by atomic mass is 32.2. The number of carbonyl (C=O) groups is 2. The van der Waals surface area contributed by atoms with E-state index in [1.54, 1.807) is 11.8 Å². The van der Waals surface area contributed by atoms with Gasteiger partial charge < -0.3 is 15.7 Å². The van der Waals surface area contributed by atoms with Crippen LogP contribution in [0.2, 0.25) is 0 Å². The predicted octanol–water partition coefficient (Wildman–Crippen LogP) is 2.07. The van der Waals surface area contributed by atoms with Crippen molar-refractivity contribution < 1.29 is 14.7 Å². The van der Waals surface area contributed by atoms with Crippen molar-refractivity contribution >= 4 is 23.8 Å². The van der Waals surface area contributed by atoms with Gasteiger partial charge >= 0.3 is 12.0 Å². The molecule has 0 aliphatic carbocycles. The van der Waals surface area contributed by atoms with E-state index in [9.17, 15) is 9.59 Å². The summed E-state index contributed by atoms with van der Waals surface area (Å²) >= 11 is 1.57. The van der Waals surface area contributed by atoms with Crippen molar-refractivity contribution in [1.29, 1.82) is 0 Å². The van der Waals surface area contributed by atoms with Gasteiger partial charge in [-0.2, -0.15) is 11.8 Å². The first-order valence-corrected chi connectivity index (χ1v) is 7.77. The maximum Gasteiger partial charge on any atom is 0.326 e. The molecule has 2 amide bonds.